The molecule has 4 rings (SSSR count). The number of rotatable bonds is 3. The topological polar surface area (TPSA) is 33.5 Å². The van der Waals surface area contributed by atoms with Gasteiger partial charge in [0, 0.05) is 16.1 Å². The van der Waals surface area contributed by atoms with Crippen LogP contribution in [0.25, 0.3) is 17.4 Å². The van der Waals surface area contributed by atoms with Crippen LogP contribution in [-0.2, 0) is 11.0 Å². The summed E-state index contributed by atoms with van der Waals surface area (Å²) in [4.78, 5) is 14.5. The van der Waals surface area contributed by atoms with Crippen molar-refractivity contribution in [2.75, 3.05) is 4.90 Å². The Bertz CT molecular complexity index is 1170. The highest BCUT2D eigenvalue weighted by Gasteiger charge is 2.35. The molecule has 1 aliphatic rings. The number of thioether (sulfide) groups is 1. The van der Waals surface area contributed by atoms with Gasteiger partial charge in [0.2, 0.25) is 0 Å². The third-order valence-corrected chi connectivity index (χ3v) is 6.11. The molecular weight excluding hydrogens is 499 g/mol. The molecule has 3 nitrogen and oxygen atoms in total. The summed E-state index contributed by atoms with van der Waals surface area (Å²) in [6.45, 7) is 0. The highest BCUT2D eigenvalue weighted by Crippen LogP contribution is 2.39. The first kappa shape index (κ1) is 20.9. The number of benzene rings is 2. The summed E-state index contributed by atoms with van der Waals surface area (Å²) in [6.07, 6.45) is -3.02. The number of carbonyl (C=O) groups is 1. The lowest BCUT2D eigenvalue weighted by molar-refractivity contribution is -0.137. The average Bonchev–Trinajstić information content (AvgIpc) is 3.27. The quantitative estimate of drug-likeness (QED) is 0.277. The lowest BCUT2D eigenvalue weighted by Crippen LogP contribution is -2.27. The van der Waals surface area contributed by atoms with Gasteiger partial charge in [0.15, 0.2) is 4.32 Å². The van der Waals surface area contributed by atoms with E-state index in [1.165, 1.54) is 41.3 Å². The van der Waals surface area contributed by atoms with Gasteiger partial charge in [-0.05, 0) is 42.5 Å². The normalized spacial score (nSPS) is 16.0. The third-order valence-electron chi connectivity index (χ3n) is 4.28. The molecule has 2 heterocycles. The van der Waals surface area contributed by atoms with E-state index in [9.17, 15) is 18.0 Å². The number of amides is 1. The van der Waals surface area contributed by atoms with E-state index in [-0.39, 0.29) is 23.0 Å². The molecule has 0 N–H and O–H groups in total. The monoisotopic (exact) mass is 509 g/mol. The smallest absolute Gasteiger partial charge is 0.417 e. The molecule has 1 aliphatic heterocycles. The van der Waals surface area contributed by atoms with Crippen molar-refractivity contribution < 1.29 is 22.4 Å². The molecule has 0 unspecified atom stereocenters. The average molecular weight is 510 g/mol. The number of thiocarbonyl (C=S) groups is 1. The van der Waals surface area contributed by atoms with E-state index in [1.54, 1.807) is 24.3 Å². The van der Waals surface area contributed by atoms with Crippen LogP contribution in [-0.4, -0.2) is 10.2 Å². The molecule has 0 atom stereocenters. The Morgan fingerprint density at radius 1 is 1.03 bits per heavy atom. The van der Waals surface area contributed by atoms with Gasteiger partial charge in [0.05, 0.1) is 16.2 Å². The van der Waals surface area contributed by atoms with E-state index in [1.807, 2.05) is 0 Å². The second kappa shape index (κ2) is 8.05. The van der Waals surface area contributed by atoms with Crippen LogP contribution >= 0.6 is 39.9 Å². The summed E-state index contributed by atoms with van der Waals surface area (Å²) >= 11 is 9.77. The molecule has 1 fully saturated rings. The molecule has 0 bridgehead atoms. The number of anilines is 1. The number of carbonyl (C=O) groups excluding carboxylic acids is 1. The van der Waals surface area contributed by atoms with E-state index < -0.39 is 11.7 Å². The number of furan rings is 1. The fourth-order valence-corrected chi connectivity index (χ4v) is 4.47. The largest absolute Gasteiger partial charge is 0.457 e. The molecule has 1 amide bonds. The van der Waals surface area contributed by atoms with Crippen LogP contribution in [0.15, 0.2) is 74.5 Å². The molecule has 1 aromatic heterocycles. The van der Waals surface area contributed by atoms with Crippen molar-refractivity contribution in [1.29, 1.82) is 0 Å². The maximum Gasteiger partial charge on any atom is 0.417 e. The van der Waals surface area contributed by atoms with Gasteiger partial charge in [-0.1, -0.05) is 58.1 Å². The van der Waals surface area contributed by atoms with E-state index in [2.05, 4.69) is 15.9 Å². The van der Waals surface area contributed by atoms with Crippen LogP contribution in [0.5, 0.6) is 0 Å². The van der Waals surface area contributed by atoms with Gasteiger partial charge in [0.1, 0.15) is 11.5 Å². The Kier molecular flexibility index (Phi) is 5.61. The fourth-order valence-electron chi connectivity index (χ4n) is 2.93. The van der Waals surface area contributed by atoms with E-state index >= 15 is 0 Å². The predicted molar refractivity (Wildman–Crippen MR) is 119 cm³/mol. The Hall–Kier alpha value is -2.36. The number of halogens is 4. The van der Waals surface area contributed by atoms with Crippen LogP contribution in [0.2, 0.25) is 0 Å². The minimum Gasteiger partial charge on any atom is -0.457 e. The van der Waals surface area contributed by atoms with Crippen molar-refractivity contribution >= 4 is 61.9 Å². The highest BCUT2D eigenvalue weighted by molar-refractivity contribution is 9.10. The van der Waals surface area contributed by atoms with Gasteiger partial charge in [-0.15, -0.1) is 0 Å². The molecule has 0 spiro atoms. The van der Waals surface area contributed by atoms with Crippen LogP contribution in [0.3, 0.4) is 0 Å². The minimum atomic E-state index is -4.50. The Morgan fingerprint density at radius 3 is 2.43 bits per heavy atom. The van der Waals surface area contributed by atoms with Gasteiger partial charge in [0.25, 0.3) is 5.91 Å². The Labute approximate surface area is 187 Å². The first-order valence-electron chi connectivity index (χ1n) is 8.54. The summed E-state index contributed by atoms with van der Waals surface area (Å²) in [5.41, 5.74) is -0.220. The van der Waals surface area contributed by atoms with Crippen molar-refractivity contribution in [2.45, 2.75) is 6.18 Å². The van der Waals surface area contributed by atoms with Gasteiger partial charge in [-0.2, -0.15) is 13.2 Å². The molecule has 152 valence electrons. The van der Waals surface area contributed by atoms with Crippen LogP contribution in [0.4, 0.5) is 18.9 Å². The molecule has 2 aromatic carbocycles. The summed E-state index contributed by atoms with van der Waals surface area (Å²) in [5.74, 6) is 0.0109. The van der Waals surface area contributed by atoms with Gasteiger partial charge in [-0.25, -0.2) is 0 Å². The number of hydrogen-bond acceptors (Lipinski definition) is 4. The van der Waals surface area contributed by atoms with Crippen molar-refractivity contribution in [2.24, 2.45) is 0 Å². The molecule has 9 heteroatoms. The Balaban J connectivity index is 1.63. The predicted octanol–water partition coefficient (Wildman–Crippen LogP) is 7.13. The third kappa shape index (κ3) is 4.10. The maximum atomic E-state index is 13.3. The van der Waals surface area contributed by atoms with E-state index in [4.69, 9.17) is 16.6 Å². The lowest BCUT2D eigenvalue weighted by atomic mass is 10.1. The zero-order valence-electron chi connectivity index (χ0n) is 14.9. The van der Waals surface area contributed by atoms with Crippen molar-refractivity contribution in [3.63, 3.8) is 0 Å². The summed E-state index contributed by atoms with van der Waals surface area (Å²) < 4.78 is 46.6. The maximum absolute atomic E-state index is 13.3. The van der Waals surface area contributed by atoms with Gasteiger partial charge < -0.3 is 4.42 Å². The summed E-state index contributed by atoms with van der Waals surface area (Å²) in [5, 5.41) is 0. The second-order valence-electron chi connectivity index (χ2n) is 6.24. The summed E-state index contributed by atoms with van der Waals surface area (Å²) in [7, 11) is 0. The lowest BCUT2D eigenvalue weighted by Gasteiger charge is -2.14. The van der Waals surface area contributed by atoms with Crippen LogP contribution < -0.4 is 4.90 Å². The molecule has 0 saturated carbocycles. The highest BCUT2D eigenvalue weighted by atomic mass is 79.9. The van der Waals surface area contributed by atoms with Gasteiger partial charge in [-0.3, -0.25) is 9.69 Å². The number of hydrogen-bond donors (Lipinski definition) is 0. The Morgan fingerprint density at radius 2 is 1.73 bits per heavy atom. The number of nitrogens with zero attached hydrogens (tertiary/aromatic N) is 1. The van der Waals surface area contributed by atoms with Crippen molar-refractivity contribution in [3.8, 4) is 11.3 Å². The van der Waals surface area contributed by atoms with Crippen molar-refractivity contribution in [3.05, 3.63) is 81.4 Å². The molecule has 1 saturated heterocycles. The fraction of sp³-hybridized carbons (Fsp3) is 0.0476. The molecule has 0 aliphatic carbocycles. The first-order chi connectivity index (χ1) is 14.2. The summed E-state index contributed by atoms with van der Waals surface area (Å²) in [6, 6.07) is 15.3. The molecule has 0 radical (unpaired) electrons. The SMILES string of the molecule is O=C1/C(=C\c2ccc(-c3ccccc3C(F)(F)F)o2)SC(=S)N1c1ccc(Br)cc1. The van der Waals surface area contributed by atoms with Gasteiger partial charge >= 0.3 is 6.18 Å². The van der Waals surface area contributed by atoms with Crippen LogP contribution in [0.1, 0.15) is 11.3 Å². The number of alkyl halides is 3. The second-order valence-corrected chi connectivity index (χ2v) is 8.83. The zero-order valence-corrected chi connectivity index (χ0v) is 18.2. The molecular formula is C21H11BrF3NO2S2. The standard InChI is InChI=1S/C21H11BrF3NO2S2/c22-12-5-7-13(8-6-12)26-19(27)18(30-20(26)29)11-14-9-10-17(28-14)15-3-1-2-4-16(15)21(23,24)25/h1-11H/b18-11+. The van der Waals surface area contributed by atoms with Crippen molar-refractivity contribution in [1.82, 2.24) is 0 Å². The van der Waals surface area contributed by atoms with E-state index in [0.29, 0.717) is 14.9 Å². The molecule has 30 heavy (non-hydrogen) atoms. The zero-order chi connectivity index (χ0) is 21.5. The first-order valence-corrected chi connectivity index (χ1v) is 10.6. The minimum absolute atomic E-state index is 0.0629. The van der Waals surface area contributed by atoms with Crippen LogP contribution in [0, 0.1) is 0 Å². The van der Waals surface area contributed by atoms with E-state index in [0.717, 1.165) is 22.3 Å². The molecule has 3 aromatic rings.